The number of nitro benzene ring substituents is 1. The fraction of sp³-hybridized carbons (Fsp3) is 0.269. The standard InChI is InChI=1S/C26H22N4O9S/c1-14-20(25(33)37-12-16-6-4-3-5-7-16)29-23(32)19(24(29)40-22(14)28-27)21(15(2)31)39-26(34)38-13-17-8-10-18(11-9-17)30(35)36/h3-11,19,21,24H,12-13H2,1-2H3/t19-,21?,24-/m0/s1. The van der Waals surface area contributed by atoms with E-state index in [1.165, 1.54) is 31.2 Å². The lowest BCUT2D eigenvalue weighted by Gasteiger charge is -2.49. The number of fused-ring (bicyclic) bond motifs is 1. The molecular formula is C26H22N4O9S. The van der Waals surface area contributed by atoms with Gasteiger partial charge in [0.25, 0.3) is 5.69 Å². The summed E-state index contributed by atoms with van der Waals surface area (Å²) < 4.78 is 15.6. The quantitative estimate of drug-likeness (QED) is 0.109. The third-order valence-electron chi connectivity index (χ3n) is 6.18. The van der Waals surface area contributed by atoms with Crippen molar-refractivity contribution in [2.45, 2.75) is 38.5 Å². The second-order valence-electron chi connectivity index (χ2n) is 8.79. The van der Waals surface area contributed by atoms with Gasteiger partial charge in [-0.3, -0.25) is 24.6 Å². The highest BCUT2D eigenvalue weighted by atomic mass is 32.2. The Morgan fingerprint density at radius 2 is 1.70 bits per heavy atom. The van der Waals surface area contributed by atoms with Crippen molar-refractivity contribution in [3.8, 4) is 0 Å². The molecule has 14 heteroatoms. The molecule has 0 N–H and O–H groups in total. The molecular weight excluding hydrogens is 544 g/mol. The van der Waals surface area contributed by atoms with Crippen LogP contribution in [0.5, 0.6) is 0 Å². The Morgan fingerprint density at radius 1 is 1.07 bits per heavy atom. The summed E-state index contributed by atoms with van der Waals surface area (Å²) in [6.07, 6.45) is -2.79. The molecule has 0 aliphatic carbocycles. The van der Waals surface area contributed by atoms with Crippen LogP contribution >= 0.6 is 11.8 Å². The van der Waals surface area contributed by atoms with Crippen molar-refractivity contribution in [1.82, 2.24) is 4.90 Å². The highest BCUT2D eigenvalue weighted by Crippen LogP contribution is 2.46. The third kappa shape index (κ3) is 5.77. The highest BCUT2D eigenvalue weighted by Gasteiger charge is 2.61. The number of hydrogen-bond acceptors (Lipinski definition) is 10. The topological polar surface area (TPSA) is 179 Å². The lowest BCUT2D eigenvalue weighted by molar-refractivity contribution is -0.384. The molecule has 40 heavy (non-hydrogen) atoms. The molecule has 0 spiro atoms. The van der Waals surface area contributed by atoms with Crippen molar-refractivity contribution < 1.29 is 43.1 Å². The molecule has 4 rings (SSSR count). The Hall–Kier alpha value is -4.81. The number of thioether (sulfide) groups is 1. The van der Waals surface area contributed by atoms with Gasteiger partial charge >= 0.3 is 17.2 Å². The number of hydrogen-bond donors (Lipinski definition) is 0. The minimum atomic E-state index is -1.55. The van der Waals surface area contributed by atoms with E-state index >= 15 is 0 Å². The first-order valence-corrected chi connectivity index (χ1v) is 12.7. The predicted octanol–water partition coefficient (Wildman–Crippen LogP) is 3.38. The molecule has 0 bridgehead atoms. The zero-order chi connectivity index (χ0) is 29.0. The van der Waals surface area contributed by atoms with Crippen LogP contribution in [-0.2, 0) is 41.8 Å². The average Bonchev–Trinajstić information content (AvgIpc) is 2.95. The zero-order valence-corrected chi connectivity index (χ0v) is 22.0. The van der Waals surface area contributed by atoms with Crippen LogP contribution in [0.3, 0.4) is 0 Å². The van der Waals surface area contributed by atoms with E-state index in [1.54, 1.807) is 24.3 Å². The van der Waals surface area contributed by atoms with E-state index in [0.29, 0.717) is 5.56 Å². The summed E-state index contributed by atoms with van der Waals surface area (Å²) in [4.78, 5) is 65.7. The van der Waals surface area contributed by atoms with Crippen molar-refractivity contribution in [2.24, 2.45) is 5.92 Å². The highest BCUT2D eigenvalue weighted by molar-refractivity contribution is 8.14. The number of rotatable bonds is 9. The number of ketones is 1. The molecule has 0 radical (unpaired) electrons. The van der Waals surface area contributed by atoms with Crippen LogP contribution in [0.25, 0.3) is 5.53 Å². The summed E-state index contributed by atoms with van der Waals surface area (Å²) in [7, 11) is 0. The van der Waals surface area contributed by atoms with Gasteiger partial charge in [0.15, 0.2) is 11.9 Å². The second-order valence-corrected chi connectivity index (χ2v) is 9.90. The lowest BCUT2D eigenvalue weighted by Crippen LogP contribution is -2.66. The number of nitrogens with zero attached hydrogens (tertiary/aromatic N) is 4. The summed E-state index contributed by atoms with van der Waals surface area (Å²) in [6, 6.07) is 14.1. The maximum atomic E-state index is 13.2. The Kier molecular flexibility index (Phi) is 8.41. The number of ether oxygens (including phenoxy) is 3. The summed E-state index contributed by atoms with van der Waals surface area (Å²) in [5, 5.41) is 9.91. The van der Waals surface area contributed by atoms with Gasteiger partial charge in [0.05, 0.1) is 10.5 Å². The first-order chi connectivity index (χ1) is 19.1. The predicted molar refractivity (Wildman–Crippen MR) is 138 cm³/mol. The summed E-state index contributed by atoms with van der Waals surface area (Å²) in [6.45, 7) is 2.26. The summed E-state index contributed by atoms with van der Waals surface area (Å²) >= 11 is 0.924. The Labute approximate surface area is 231 Å². The maximum absolute atomic E-state index is 13.2. The van der Waals surface area contributed by atoms with Gasteiger partial charge in [-0.1, -0.05) is 30.3 Å². The van der Waals surface area contributed by atoms with Gasteiger partial charge in [-0.15, -0.1) is 0 Å². The van der Waals surface area contributed by atoms with Crippen LogP contribution in [-0.4, -0.2) is 54.9 Å². The van der Waals surface area contributed by atoms with Gasteiger partial charge in [0.1, 0.15) is 30.2 Å². The molecule has 2 aliphatic heterocycles. The van der Waals surface area contributed by atoms with Crippen LogP contribution in [0.2, 0.25) is 0 Å². The Bertz CT molecular complexity index is 1450. The van der Waals surface area contributed by atoms with Crippen molar-refractivity contribution >= 4 is 46.3 Å². The van der Waals surface area contributed by atoms with Crippen LogP contribution in [0, 0.1) is 16.0 Å². The van der Waals surface area contributed by atoms with Gasteiger partial charge in [-0.2, -0.15) is 4.79 Å². The van der Waals surface area contributed by atoms with Crippen LogP contribution in [0.4, 0.5) is 10.5 Å². The second kappa shape index (κ2) is 11.9. The molecule has 2 aromatic rings. The normalized spacial score (nSPS) is 18.6. The molecule has 0 saturated carbocycles. The number of non-ortho nitro benzene ring substituents is 1. The smallest absolute Gasteiger partial charge is 0.456 e. The van der Waals surface area contributed by atoms with E-state index in [2.05, 4.69) is 4.79 Å². The van der Waals surface area contributed by atoms with E-state index in [9.17, 15) is 34.8 Å². The number of esters is 1. The molecule has 1 unspecified atom stereocenters. The van der Waals surface area contributed by atoms with E-state index in [4.69, 9.17) is 14.2 Å². The van der Waals surface area contributed by atoms with Gasteiger partial charge in [0, 0.05) is 12.1 Å². The Morgan fingerprint density at radius 3 is 2.30 bits per heavy atom. The van der Waals surface area contributed by atoms with Crippen LogP contribution in [0.15, 0.2) is 65.9 Å². The Balaban J connectivity index is 1.46. The molecule has 1 amide bonds. The lowest BCUT2D eigenvalue weighted by atomic mass is 9.88. The van der Waals surface area contributed by atoms with Crippen molar-refractivity contribution in [3.05, 3.63) is 92.6 Å². The zero-order valence-electron chi connectivity index (χ0n) is 21.2. The van der Waals surface area contributed by atoms with E-state index in [0.717, 1.165) is 29.1 Å². The van der Waals surface area contributed by atoms with Gasteiger partial charge < -0.3 is 19.7 Å². The van der Waals surface area contributed by atoms with Crippen molar-refractivity contribution in [1.29, 1.82) is 0 Å². The van der Waals surface area contributed by atoms with E-state index < -0.39 is 46.1 Å². The minimum absolute atomic E-state index is 0.0356. The van der Waals surface area contributed by atoms with Crippen molar-refractivity contribution in [2.75, 3.05) is 0 Å². The molecule has 13 nitrogen and oxygen atoms in total. The fourth-order valence-electron chi connectivity index (χ4n) is 4.16. The largest absolute Gasteiger partial charge is 0.509 e. The minimum Gasteiger partial charge on any atom is -0.456 e. The number of amides is 1. The molecule has 0 aromatic heterocycles. The fourth-order valence-corrected chi connectivity index (χ4v) is 5.43. The number of carbonyl (C=O) groups is 4. The molecule has 3 atom stereocenters. The number of carbonyl (C=O) groups excluding carboxylic acids is 4. The van der Waals surface area contributed by atoms with Crippen LogP contribution < -0.4 is 0 Å². The third-order valence-corrected chi connectivity index (χ3v) is 7.54. The average molecular weight is 567 g/mol. The molecule has 1 saturated heterocycles. The van der Waals surface area contributed by atoms with E-state index in [1.807, 2.05) is 6.07 Å². The molecule has 2 aromatic carbocycles. The van der Waals surface area contributed by atoms with Gasteiger partial charge in [-0.25, -0.2) is 9.59 Å². The number of nitro groups is 1. The summed E-state index contributed by atoms with van der Waals surface area (Å²) in [5.41, 5.74) is 10.6. The molecule has 2 heterocycles. The van der Waals surface area contributed by atoms with Crippen LogP contribution in [0.1, 0.15) is 25.0 Å². The first kappa shape index (κ1) is 28.2. The first-order valence-electron chi connectivity index (χ1n) is 11.8. The van der Waals surface area contributed by atoms with Crippen molar-refractivity contribution in [3.63, 3.8) is 0 Å². The molecule has 206 valence electrons. The van der Waals surface area contributed by atoms with Gasteiger partial charge in [0.2, 0.25) is 5.91 Å². The van der Waals surface area contributed by atoms with E-state index in [-0.39, 0.29) is 35.2 Å². The molecule has 1 fully saturated rings. The number of benzene rings is 2. The SMILES string of the molecule is CC(=O)C(OC(=O)OCc1ccc([N+](=O)[O-])cc1)[C@H]1C(=O)N2C(C(=O)OCc3ccccc3)=C(C)C(=[N+]=[N-])S[C@@H]12. The maximum Gasteiger partial charge on any atom is 0.509 e. The number of β-lactam (4-membered cyclic amide) rings is 1. The summed E-state index contributed by atoms with van der Waals surface area (Å²) in [5.74, 6) is -3.34. The monoisotopic (exact) mass is 566 g/mol. The number of Topliss-reactive ketones (excluding diaryl/α,β-unsaturated/α-hetero) is 1. The molecule has 2 aliphatic rings. The van der Waals surface area contributed by atoms with Gasteiger partial charge in [-0.05, 0) is 48.9 Å².